The summed E-state index contributed by atoms with van der Waals surface area (Å²) in [5, 5.41) is 12.7. The van der Waals surface area contributed by atoms with E-state index in [1.807, 2.05) is 0 Å². The van der Waals surface area contributed by atoms with Crippen molar-refractivity contribution < 1.29 is 9.84 Å². The molecule has 2 unspecified atom stereocenters. The first kappa shape index (κ1) is 17.9. The van der Waals surface area contributed by atoms with Gasteiger partial charge in [0.25, 0.3) is 0 Å². The summed E-state index contributed by atoms with van der Waals surface area (Å²) in [5.41, 5.74) is 0.477. The van der Waals surface area contributed by atoms with Gasteiger partial charge in [-0.15, -0.1) is 0 Å². The molecule has 3 heteroatoms. The lowest BCUT2D eigenvalue weighted by Crippen LogP contribution is -2.62. The molecule has 0 aliphatic heterocycles. The molecular weight excluding hydrogens is 250 g/mol. The fraction of sp³-hybridized carbons (Fsp3) is 1.00. The highest BCUT2D eigenvalue weighted by Crippen LogP contribution is 2.43. The second-order valence-electron chi connectivity index (χ2n) is 8.20. The average molecular weight is 285 g/mol. The molecule has 0 saturated heterocycles. The Morgan fingerprint density at radius 1 is 1.35 bits per heavy atom. The quantitative estimate of drug-likeness (QED) is 0.683. The van der Waals surface area contributed by atoms with Crippen molar-refractivity contribution in [3.8, 4) is 0 Å². The van der Waals surface area contributed by atoms with Crippen LogP contribution in [-0.4, -0.2) is 37.0 Å². The maximum atomic E-state index is 8.95. The highest BCUT2D eigenvalue weighted by atomic mass is 16.5. The first-order valence-corrected chi connectivity index (χ1v) is 8.15. The van der Waals surface area contributed by atoms with Crippen molar-refractivity contribution in [3.63, 3.8) is 0 Å². The van der Waals surface area contributed by atoms with E-state index in [-0.39, 0.29) is 10.8 Å². The Morgan fingerprint density at radius 2 is 2.00 bits per heavy atom. The van der Waals surface area contributed by atoms with Crippen molar-refractivity contribution in [2.45, 2.75) is 73.0 Å². The maximum Gasteiger partial charge on any atom is 0.0656 e. The van der Waals surface area contributed by atoms with Crippen molar-refractivity contribution in [1.82, 2.24) is 5.32 Å². The van der Waals surface area contributed by atoms with Gasteiger partial charge in [0.1, 0.15) is 0 Å². The minimum Gasteiger partial charge on any atom is -0.396 e. The monoisotopic (exact) mass is 285 g/mol. The van der Waals surface area contributed by atoms with Crippen LogP contribution in [0.5, 0.6) is 0 Å². The summed E-state index contributed by atoms with van der Waals surface area (Å²) in [5.74, 6) is 0.607. The summed E-state index contributed by atoms with van der Waals surface area (Å²) in [6, 6.07) is 0.549. The van der Waals surface area contributed by atoms with Crippen molar-refractivity contribution in [2.75, 3.05) is 19.8 Å². The third kappa shape index (κ3) is 5.01. The molecule has 0 aromatic heterocycles. The Labute approximate surface area is 125 Å². The van der Waals surface area contributed by atoms with E-state index in [9.17, 15) is 0 Å². The van der Waals surface area contributed by atoms with E-state index >= 15 is 0 Å². The molecule has 1 saturated carbocycles. The lowest BCUT2D eigenvalue weighted by Gasteiger charge is -2.53. The van der Waals surface area contributed by atoms with Gasteiger partial charge in [-0.1, -0.05) is 41.5 Å². The van der Waals surface area contributed by atoms with Crippen LogP contribution in [0.3, 0.4) is 0 Å². The van der Waals surface area contributed by atoms with Gasteiger partial charge in [0, 0.05) is 31.2 Å². The third-order valence-electron chi connectivity index (χ3n) is 4.65. The number of ether oxygens (including phenoxy) is 1. The predicted molar refractivity (Wildman–Crippen MR) is 84.9 cm³/mol. The summed E-state index contributed by atoms with van der Waals surface area (Å²) < 4.78 is 6.01. The molecule has 120 valence electrons. The van der Waals surface area contributed by atoms with E-state index in [0.29, 0.717) is 24.7 Å². The van der Waals surface area contributed by atoms with Gasteiger partial charge < -0.3 is 15.2 Å². The molecule has 0 radical (unpaired) electrons. The number of nitrogens with one attached hydrogen (secondary N) is 1. The van der Waals surface area contributed by atoms with Crippen LogP contribution in [0.4, 0.5) is 0 Å². The number of hydrogen-bond acceptors (Lipinski definition) is 3. The van der Waals surface area contributed by atoms with Gasteiger partial charge in [0.05, 0.1) is 6.10 Å². The number of aliphatic hydroxyl groups excluding tert-OH is 1. The molecule has 0 spiro atoms. The zero-order valence-corrected chi connectivity index (χ0v) is 14.3. The van der Waals surface area contributed by atoms with E-state index < -0.39 is 0 Å². The van der Waals surface area contributed by atoms with Gasteiger partial charge >= 0.3 is 0 Å². The van der Waals surface area contributed by atoms with Gasteiger partial charge in [0.15, 0.2) is 0 Å². The van der Waals surface area contributed by atoms with Gasteiger partial charge in [-0.2, -0.15) is 0 Å². The molecule has 0 aromatic carbocycles. The molecule has 0 amide bonds. The Kier molecular flexibility index (Phi) is 6.49. The van der Waals surface area contributed by atoms with Crippen LogP contribution in [0.15, 0.2) is 0 Å². The van der Waals surface area contributed by atoms with Gasteiger partial charge in [-0.3, -0.25) is 0 Å². The highest BCUT2D eigenvalue weighted by Gasteiger charge is 2.48. The zero-order chi connectivity index (χ0) is 15.4. The van der Waals surface area contributed by atoms with Crippen molar-refractivity contribution in [1.29, 1.82) is 0 Å². The van der Waals surface area contributed by atoms with Crippen LogP contribution in [0.25, 0.3) is 0 Å². The summed E-state index contributed by atoms with van der Waals surface area (Å²) in [6.07, 6.45) is 3.47. The highest BCUT2D eigenvalue weighted by molar-refractivity contribution is 5.03. The van der Waals surface area contributed by atoms with E-state index in [4.69, 9.17) is 9.84 Å². The van der Waals surface area contributed by atoms with E-state index in [1.165, 1.54) is 0 Å². The van der Waals surface area contributed by atoms with Crippen molar-refractivity contribution in [2.24, 2.45) is 16.7 Å². The Bertz CT molecular complexity index is 287. The van der Waals surface area contributed by atoms with Crippen LogP contribution >= 0.6 is 0 Å². The summed E-state index contributed by atoms with van der Waals surface area (Å²) in [4.78, 5) is 0. The summed E-state index contributed by atoms with van der Waals surface area (Å²) in [6.45, 7) is 15.7. The standard InChI is InChI=1S/C17H35NO2/c1-13(2)11-20-15-10-14(17(15,5)6)18-12-16(3,4)8-7-9-19/h13-15,18-19H,7-12H2,1-6H3. The average Bonchev–Trinajstić information content (AvgIpc) is 2.34. The van der Waals surface area contributed by atoms with E-state index in [1.54, 1.807) is 0 Å². The fourth-order valence-corrected chi connectivity index (χ4v) is 2.87. The first-order valence-electron chi connectivity index (χ1n) is 8.15. The molecule has 2 N–H and O–H groups in total. The van der Waals surface area contributed by atoms with Crippen molar-refractivity contribution >= 4 is 0 Å². The number of aliphatic hydroxyl groups is 1. The Hall–Kier alpha value is -0.120. The normalized spacial score (nSPS) is 25.8. The first-order chi connectivity index (χ1) is 9.19. The Balaban J connectivity index is 2.33. The second-order valence-corrected chi connectivity index (χ2v) is 8.20. The fourth-order valence-electron chi connectivity index (χ4n) is 2.87. The summed E-state index contributed by atoms with van der Waals surface area (Å²) >= 11 is 0. The minimum absolute atomic E-state index is 0.224. The molecule has 20 heavy (non-hydrogen) atoms. The van der Waals surface area contributed by atoms with E-state index in [2.05, 4.69) is 46.9 Å². The SMILES string of the molecule is CC(C)COC1CC(NCC(C)(C)CCCO)C1(C)C. The number of hydrogen-bond donors (Lipinski definition) is 2. The second kappa shape index (κ2) is 7.24. The topological polar surface area (TPSA) is 41.5 Å². The van der Waals surface area contributed by atoms with Crippen molar-refractivity contribution in [3.05, 3.63) is 0 Å². The minimum atomic E-state index is 0.224. The lowest BCUT2D eigenvalue weighted by molar-refractivity contribution is -0.125. The maximum absolute atomic E-state index is 8.95. The molecule has 1 aliphatic rings. The van der Waals surface area contributed by atoms with Crippen LogP contribution < -0.4 is 5.32 Å². The van der Waals surface area contributed by atoms with Crippen LogP contribution in [0.2, 0.25) is 0 Å². The molecule has 0 bridgehead atoms. The van der Waals surface area contributed by atoms with Gasteiger partial charge in [-0.05, 0) is 30.6 Å². The molecule has 3 nitrogen and oxygen atoms in total. The van der Waals surface area contributed by atoms with E-state index in [0.717, 1.165) is 32.4 Å². The molecule has 1 fully saturated rings. The summed E-state index contributed by atoms with van der Waals surface area (Å²) in [7, 11) is 0. The molecule has 1 rings (SSSR count). The van der Waals surface area contributed by atoms with Gasteiger partial charge in [0.2, 0.25) is 0 Å². The molecule has 0 aromatic rings. The third-order valence-corrected chi connectivity index (χ3v) is 4.65. The smallest absolute Gasteiger partial charge is 0.0656 e. The molecule has 2 atom stereocenters. The zero-order valence-electron chi connectivity index (χ0n) is 14.3. The van der Waals surface area contributed by atoms with Gasteiger partial charge in [-0.25, -0.2) is 0 Å². The van der Waals surface area contributed by atoms with Crippen LogP contribution in [0, 0.1) is 16.7 Å². The van der Waals surface area contributed by atoms with Crippen LogP contribution in [-0.2, 0) is 4.74 Å². The lowest BCUT2D eigenvalue weighted by atomic mass is 9.64. The predicted octanol–water partition coefficient (Wildman–Crippen LogP) is 3.21. The van der Waals surface area contributed by atoms with Crippen LogP contribution in [0.1, 0.15) is 60.8 Å². The number of rotatable bonds is 9. The molecule has 0 heterocycles. The Morgan fingerprint density at radius 3 is 2.50 bits per heavy atom. The molecular formula is C17H35NO2. The molecule has 1 aliphatic carbocycles. The largest absolute Gasteiger partial charge is 0.396 e.